The highest BCUT2D eigenvalue weighted by Gasteiger charge is 2.40. The van der Waals surface area contributed by atoms with E-state index in [1.165, 1.54) is 12.8 Å². The highest BCUT2D eigenvalue weighted by Crippen LogP contribution is 2.38. The average Bonchev–Trinajstić information content (AvgIpc) is 2.54. The molecule has 1 unspecified atom stereocenters. The van der Waals surface area contributed by atoms with Crippen LogP contribution in [0.25, 0.3) is 0 Å². The van der Waals surface area contributed by atoms with Crippen LogP contribution in [-0.4, -0.2) is 19.0 Å². The zero-order valence-corrected chi connectivity index (χ0v) is 8.29. The van der Waals surface area contributed by atoms with Crippen LogP contribution in [0.3, 0.4) is 0 Å². The SMILES string of the molecule is [CH]C(C)C1COC2(CCCC2)OC1. The van der Waals surface area contributed by atoms with Crippen LogP contribution in [-0.2, 0) is 9.47 Å². The Morgan fingerprint density at radius 2 is 1.77 bits per heavy atom. The second kappa shape index (κ2) is 3.58. The standard InChI is InChI=1S/C11H18O2/c1-9(2)10-7-12-11(13-8-10)5-3-4-6-11/h1,9-10H,3-8H2,2H3. The zero-order chi connectivity index (χ0) is 9.31. The first-order chi connectivity index (χ1) is 6.22. The van der Waals surface area contributed by atoms with Gasteiger partial charge in [0, 0.05) is 18.8 Å². The van der Waals surface area contributed by atoms with Crippen LogP contribution in [0.4, 0.5) is 0 Å². The summed E-state index contributed by atoms with van der Waals surface area (Å²) in [5.41, 5.74) is 0. The topological polar surface area (TPSA) is 18.5 Å². The van der Waals surface area contributed by atoms with Crippen molar-refractivity contribution in [2.45, 2.75) is 38.4 Å². The molecule has 1 aliphatic carbocycles. The maximum Gasteiger partial charge on any atom is 0.168 e. The van der Waals surface area contributed by atoms with E-state index < -0.39 is 0 Å². The molecule has 0 amide bonds. The van der Waals surface area contributed by atoms with Crippen molar-refractivity contribution in [3.8, 4) is 0 Å². The van der Waals surface area contributed by atoms with Crippen molar-refractivity contribution in [2.24, 2.45) is 11.8 Å². The monoisotopic (exact) mass is 182 g/mol. The first-order valence-corrected chi connectivity index (χ1v) is 5.25. The lowest BCUT2D eigenvalue weighted by Gasteiger charge is -2.38. The van der Waals surface area contributed by atoms with Gasteiger partial charge < -0.3 is 9.47 Å². The largest absolute Gasteiger partial charge is 0.350 e. The van der Waals surface area contributed by atoms with Crippen LogP contribution in [0.2, 0.25) is 0 Å². The molecule has 1 heterocycles. The van der Waals surface area contributed by atoms with Crippen molar-refractivity contribution in [3.63, 3.8) is 0 Å². The molecule has 74 valence electrons. The van der Waals surface area contributed by atoms with E-state index >= 15 is 0 Å². The van der Waals surface area contributed by atoms with Gasteiger partial charge in [0.2, 0.25) is 0 Å². The van der Waals surface area contributed by atoms with Gasteiger partial charge in [0.1, 0.15) is 0 Å². The Hall–Kier alpha value is -0.0800. The van der Waals surface area contributed by atoms with Crippen molar-refractivity contribution in [3.05, 3.63) is 6.92 Å². The quantitative estimate of drug-likeness (QED) is 0.619. The van der Waals surface area contributed by atoms with E-state index in [-0.39, 0.29) is 11.7 Å². The van der Waals surface area contributed by atoms with E-state index in [9.17, 15) is 0 Å². The van der Waals surface area contributed by atoms with Gasteiger partial charge in [-0.3, -0.25) is 0 Å². The fourth-order valence-corrected chi connectivity index (χ4v) is 2.11. The molecule has 0 aromatic heterocycles. The molecule has 2 aliphatic rings. The van der Waals surface area contributed by atoms with Crippen molar-refractivity contribution < 1.29 is 9.47 Å². The Bertz CT molecular complexity index is 161. The molecular weight excluding hydrogens is 164 g/mol. The van der Waals surface area contributed by atoms with Crippen molar-refractivity contribution in [1.29, 1.82) is 0 Å². The van der Waals surface area contributed by atoms with E-state index in [1.807, 2.05) is 6.92 Å². The van der Waals surface area contributed by atoms with Gasteiger partial charge in [0.15, 0.2) is 5.79 Å². The maximum absolute atomic E-state index is 5.80. The van der Waals surface area contributed by atoms with Gasteiger partial charge >= 0.3 is 0 Å². The van der Waals surface area contributed by atoms with E-state index in [1.54, 1.807) is 0 Å². The number of ether oxygens (including phenoxy) is 2. The summed E-state index contributed by atoms with van der Waals surface area (Å²) >= 11 is 0. The minimum absolute atomic E-state index is 0.179. The predicted molar refractivity (Wildman–Crippen MR) is 50.1 cm³/mol. The fourth-order valence-electron chi connectivity index (χ4n) is 2.11. The Morgan fingerprint density at radius 3 is 2.23 bits per heavy atom. The molecule has 0 bridgehead atoms. The van der Waals surface area contributed by atoms with Gasteiger partial charge in [-0.15, -0.1) is 0 Å². The van der Waals surface area contributed by atoms with Crippen molar-refractivity contribution in [1.82, 2.24) is 0 Å². The number of hydrogen-bond acceptors (Lipinski definition) is 2. The summed E-state index contributed by atoms with van der Waals surface area (Å²) in [6.45, 7) is 9.36. The summed E-state index contributed by atoms with van der Waals surface area (Å²) in [6.07, 6.45) is 4.61. The molecule has 2 fully saturated rings. The molecule has 1 aliphatic heterocycles. The Kier molecular flexibility index (Phi) is 2.61. The average molecular weight is 182 g/mol. The molecule has 0 N–H and O–H groups in total. The second-order valence-corrected chi connectivity index (χ2v) is 4.36. The summed E-state index contributed by atoms with van der Waals surface area (Å²) in [5, 5.41) is 0. The van der Waals surface area contributed by atoms with E-state index in [0.717, 1.165) is 26.1 Å². The van der Waals surface area contributed by atoms with Crippen LogP contribution in [0.1, 0.15) is 32.6 Å². The lowest BCUT2D eigenvalue weighted by atomic mass is 9.96. The van der Waals surface area contributed by atoms with Gasteiger partial charge in [0.25, 0.3) is 0 Å². The van der Waals surface area contributed by atoms with Gasteiger partial charge in [-0.25, -0.2) is 0 Å². The minimum Gasteiger partial charge on any atom is -0.350 e. The van der Waals surface area contributed by atoms with Crippen LogP contribution < -0.4 is 0 Å². The summed E-state index contributed by atoms with van der Waals surface area (Å²) in [5.74, 6) is 0.343. The third-order valence-electron chi connectivity index (χ3n) is 3.23. The zero-order valence-electron chi connectivity index (χ0n) is 8.29. The van der Waals surface area contributed by atoms with Gasteiger partial charge in [-0.1, -0.05) is 6.92 Å². The molecule has 1 saturated heterocycles. The predicted octanol–water partition coefficient (Wildman–Crippen LogP) is 2.27. The molecule has 0 aromatic carbocycles. The molecule has 0 aromatic rings. The maximum atomic E-state index is 5.80. The molecule has 2 nitrogen and oxygen atoms in total. The van der Waals surface area contributed by atoms with Crippen molar-refractivity contribution >= 4 is 0 Å². The van der Waals surface area contributed by atoms with E-state index in [0.29, 0.717) is 5.92 Å². The van der Waals surface area contributed by atoms with Crippen molar-refractivity contribution in [2.75, 3.05) is 13.2 Å². The molecule has 1 spiro atoms. The normalized spacial score (nSPS) is 28.8. The lowest BCUT2D eigenvalue weighted by Crippen LogP contribution is -2.43. The third-order valence-corrected chi connectivity index (χ3v) is 3.23. The van der Waals surface area contributed by atoms with E-state index in [2.05, 4.69) is 0 Å². The molecule has 2 radical (unpaired) electrons. The van der Waals surface area contributed by atoms with Crippen LogP contribution in [0, 0.1) is 18.8 Å². The Morgan fingerprint density at radius 1 is 1.23 bits per heavy atom. The molecule has 1 atom stereocenters. The molecule has 2 heteroatoms. The molecular formula is C11H18O2. The lowest BCUT2D eigenvalue weighted by molar-refractivity contribution is -0.281. The first-order valence-electron chi connectivity index (χ1n) is 5.25. The summed E-state index contributed by atoms with van der Waals surface area (Å²) in [6, 6.07) is 0. The van der Waals surface area contributed by atoms with Crippen LogP contribution in [0.5, 0.6) is 0 Å². The fraction of sp³-hybridized carbons (Fsp3) is 0.909. The number of hydrogen-bond donors (Lipinski definition) is 0. The Labute approximate surface area is 80.6 Å². The smallest absolute Gasteiger partial charge is 0.168 e. The number of rotatable bonds is 1. The second-order valence-electron chi connectivity index (χ2n) is 4.36. The summed E-state index contributed by atoms with van der Waals surface area (Å²) < 4.78 is 11.6. The van der Waals surface area contributed by atoms with Gasteiger partial charge in [-0.2, -0.15) is 0 Å². The van der Waals surface area contributed by atoms with Crippen LogP contribution >= 0.6 is 0 Å². The summed E-state index contributed by atoms with van der Waals surface area (Å²) in [4.78, 5) is 0. The minimum atomic E-state index is -0.217. The third kappa shape index (κ3) is 1.89. The first kappa shape index (κ1) is 9.47. The molecule has 13 heavy (non-hydrogen) atoms. The van der Waals surface area contributed by atoms with Crippen LogP contribution in [0.15, 0.2) is 0 Å². The van der Waals surface area contributed by atoms with Gasteiger partial charge in [0.05, 0.1) is 13.2 Å². The summed E-state index contributed by atoms with van der Waals surface area (Å²) in [7, 11) is 0. The highest BCUT2D eigenvalue weighted by atomic mass is 16.7. The van der Waals surface area contributed by atoms with E-state index in [4.69, 9.17) is 16.4 Å². The molecule has 1 saturated carbocycles. The Balaban J connectivity index is 1.88. The highest BCUT2D eigenvalue weighted by molar-refractivity contribution is 4.82. The van der Waals surface area contributed by atoms with Gasteiger partial charge in [-0.05, 0) is 25.7 Å². The molecule has 2 rings (SSSR count).